The lowest BCUT2D eigenvalue weighted by molar-refractivity contribution is 0.315. The van der Waals surface area contributed by atoms with E-state index in [0.29, 0.717) is 23.2 Å². The topological polar surface area (TPSA) is 62.1 Å². The molecule has 0 spiro atoms. The number of nitrogens with one attached hydrogen (secondary N) is 1. The first-order valence-corrected chi connectivity index (χ1v) is 10.8. The Morgan fingerprint density at radius 3 is 2.59 bits per heavy atom. The zero-order valence-corrected chi connectivity index (χ0v) is 18.6. The highest BCUT2D eigenvalue weighted by Crippen LogP contribution is 2.30. The van der Waals surface area contributed by atoms with Gasteiger partial charge in [-0.1, -0.05) is 11.6 Å². The van der Waals surface area contributed by atoms with Crippen molar-refractivity contribution in [3.8, 4) is 5.69 Å². The van der Waals surface area contributed by atoms with E-state index in [1.807, 2.05) is 0 Å². The maximum atomic E-state index is 13.4. The van der Waals surface area contributed by atoms with E-state index in [0.717, 1.165) is 24.2 Å². The Kier molecular flexibility index (Phi) is 5.40. The molecule has 164 valence electrons. The number of rotatable bonds is 5. The smallest absolute Gasteiger partial charge is 0.168 e. The van der Waals surface area contributed by atoms with E-state index in [1.165, 1.54) is 30.6 Å². The zero-order valence-electron chi connectivity index (χ0n) is 17.8. The fraction of sp³-hybridized carbons (Fsp3) is 0.261. The lowest BCUT2D eigenvalue weighted by atomic mass is 10.2. The summed E-state index contributed by atoms with van der Waals surface area (Å²) in [6.07, 6.45) is 4.36. The monoisotopic (exact) mass is 451 g/mol. The van der Waals surface area contributed by atoms with E-state index in [4.69, 9.17) is 11.6 Å². The number of anilines is 3. The standard InChI is InChI=1S/C23H23ClFN7/c1-30(2)18-9-10-31(13-18)16-4-6-17(7-5-16)32-23-19(12-28-32)22(26-14-27-23)29-21-8-3-15(25)11-20(21)24/h3-8,11-12,14,18H,9-10,13H2,1-2H3,(H,26,27,29)/t18-/m0/s1. The molecule has 0 amide bonds. The molecule has 1 aliphatic heterocycles. The van der Waals surface area contributed by atoms with Crippen LogP contribution in [0.25, 0.3) is 16.7 Å². The number of aromatic nitrogens is 4. The number of hydrogen-bond acceptors (Lipinski definition) is 6. The minimum absolute atomic E-state index is 0.276. The largest absolute Gasteiger partial charge is 0.370 e. The quantitative estimate of drug-likeness (QED) is 0.482. The molecule has 9 heteroatoms. The van der Waals surface area contributed by atoms with Crippen molar-refractivity contribution in [2.75, 3.05) is 37.4 Å². The van der Waals surface area contributed by atoms with Gasteiger partial charge in [0.05, 0.1) is 28.0 Å². The van der Waals surface area contributed by atoms with Crippen LogP contribution in [-0.2, 0) is 0 Å². The molecule has 0 aliphatic carbocycles. The molecular weight excluding hydrogens is 429 g/mol. The summed E-state index contributed by atoms with van der Waals surface area (Å²) in [6.45, 7) is 2.09. The third kappa shape index (κ3) is 3.87. The van der Waals surface area contributed by atoms with Crippen LogP contribution in [0.4, 0.5) is 21.6 Å². The Labute approximate surface area is 190 Å². The first kappa shape index (κ1) is 20.7. The summed E-state index contributed by atoms with van der Waals surface area (Å²) in [7, 11) is 4.27. The number of benzene rings is 2. The van der Waals surface area contributed by atoms with E-state index in [9.17, 15) is 4.39 Å². The van der Waals surface area contributed by atoms with Crippen molar-refractivity contribution in [3.63, 3.8) is 0 Å². The minimum Gasteiger partial charge on any atom is -0.370 e. The van der Waals surface area contributed by atoms with Crippen LogP contribution in [0.5, 0.6) is 0 Å². The second kappa shape index (κ2) is 8.37. The van der Waals surface area contributed by atoms with E-state index in [1.54, 1.807) is 16.9 Å². The number of fused-ring (bicyclic) bond motifs is 1. The fourth-order valence-electron chi connectivity index (χ4n) is 4.05. The van der Waals surface area contributed by atoms with Crippen LogP contribution >= 0.6 is 11.6 Å². The third-order valence-corrected chi connectivity index (χ3v) is 6.22. The van der Waals surface area contributed by atoms with Crippen molar-refractivity contribution in [1.82, 2.24) is 24.6 Å². The van der Waals surface area contributed by atoms with Crippen LogP contribution in [-0.4, -0.2) is 57.9 Å². The summed E-state index contributed by atoms with van der Waals surface area (Å²) in [6, 6.07) is 13.1. The van der Waals surface area contributed by atoms with Crippen molar-refractivity contribution in [2.45, 2.75) is 12.5 Å². The van der Waals surface area contributed by atoms with E-state index >= 15 is 0 Å². The Balaban J connectivity index is 1.41. The number of nitrogens with zero attached hydrogens (tertiary/aromatic N) is 6. The molecule has 1 saturated heterocycles. The van der Waals surface area contributed by atoms with Crippen LogP contribution in [0.2, 0.25) is 5.02 Å². The number of likely N-dealkylation sites (N-methyl/N-ethyl adjacent to an activating group) is 1. The van der Waals surface area contributed by atoms with Crippen molar-refractivity contribution in [3.05, 3.63) is 65.8 Å². The van der Waals surface area contributed by atoms with Gasteiger partial charge in [0.25, 0.3) is 0 Å². The summed E-state index contributed by atoms with van der Waals surface area (Å²) in [4.78, 5) is 13.4. The van der Waals surface area contributed by atoms with Gasteiger partial charge in [-0.05, 0) is 63.0 Å². The normalized spacial score (nSPS) is 16.3. The van der Waals surface area contributed by atoms with E-state index in [-0.39, 0.29) is 5.02 Å². The van der Waals surface area contributed by atoms with Crippen molar-refractivity contribution in [2.24, 2.45) is 0 Å². The van der Waals surface area contributed by atoms with Crippen LogP contribution in [0, 0.1) is 5.82 Å². The lowest BCUT2D eigenvalue weighted by Gasteiger charge is -2.22. The third-order valence-electron chi connectivity index (χ3n) is 5.90. The molecular formula is C23H23ClFN7. The molecule has 5 rings (SSSR count). The molecule has 0 saturated carbocycles. The maximum absolute atomic E-state index is 13.4. The molecule has 0 bridgehead atoms. The molecule has 1 fully saturated rings. The molecule has 2 aromatic carbocycles. The Morgan fingerprint density at radius 2 is 1.88 bits per heavy atom. The lowest BCUT2D eigenvalue weighted by Crippen LogP contribution is -2.31. The molecule has 0 radical (unpaired) electrons. The van der Waals surface area contributed by atoms with Gasteiger partial charge in [0.2, 0.25) is 0 Å². The molecule has 1 N–H and O–H groups in total. The van der Waals surface area contributed by atoms with Gasteiger partial charge in [0.1, 0.15) is 18.0 Å². The van der Waals surface area contributed by atoms with Crippen molar-refractivity contribution in [1.29, 1.82) is 0 Å². The maximum Gasteiger partial charge on any atom is 0.168 e. The van der Waals surface area contributed by atoms with Gasteiger partial charge < -0.3 is 15.1 Å². The van der Waals surface area contributed by atoms with Gasteiger partial charge in [0.15, 0.2) is 5.65 Å². The van der Waals surface area contributed by atoms with Gasteiger partial charge in [0, 0.05) is 24.8 Å². The van der Waals surface area contributed by atoms with Gasteiger partial charge in [-0.25, -0.2) is 19.0 Å². The highest BCUT2D eigenvalue weighted by molar-refractivity contribution is 6.33. The molecule has 4 aromatic rings. The van der Waals surface area contributed by atoms with Crippen LogP contribution in [0.15, 0.2) is 55.0 Å². The summed E-state index contributed by atoms with van der Waals surface area (Å²) >= 11 is 6.15. The number of halogens is 2. The van der Waals surface area contributed by atoms with Gasteiger partial charge in [-0.15, -0.1) is 0 Å². The fourth-order valence-corrected chi connectivity index (χ4v) is 4.27. The SMILES string of the molecule is CN(C)[C@H]1CCN(c2ccc(-n3ncc4c(Nc5ccc(F)cc5Cl)ncnc43)cc2)C1. The average Bonchev–Trinajstić information content (AvgIpc) is 3.44. The molecule has 3 heterocycles. The molecule has 1 atom stereocenters. The zero-order chi connectivity index (χ0) is 22.2. The van der Waals surface area contributed by atoms with Crippen LogP contribution in [0.3, 0.4) is 0 Å². The average molecular weight is 452 g/mol. The molecule has 32 heavy (non-hydrogen) atoms. The molecule has 7 nitrogen and oxygen atoms in total. The van der Waals surface area contributed by atoms with Gasteiger partial charge in [-0.3, -0.25) is 0 Å². The Hall–Kier alpha value is -3.23. The van der Waals surface area contributed by atoms with Gasteiger partial charge in [-0.2, -0.15) is 5.10 Å². The van der Waals surface area contributed by atoms with E-state index < -0.39 is 5.82 Å². The van der Waals surface area contributed by atoms with Crippen molar-refractivity contribution >= 4 is 39.8 Å². The number of hydrogen-bond donors (Lipinski definition) is 1. The predicted octanol–water partition coefficient (Wildman–Crippen LogP) is 4.49. The summed E-state index contributed by atoms with van der Waals surface area (Å²) in [5.74, 6) is 0.161. The van der Waals surface area contributed by atoms with Crippen LogP contribution < -0.4 is 10.2 Å². The molecule has 1 aliphatic rings. The molecule has 0 unspecified atom stereocenters. The minimum atomic E-state index is -0.393. The van der Waals surface area contributed by atoms with E-state index in [2.05, 4.69) is 68.5 Å². The summed E-state index contributed by atoms with van der Waals surface area (Å²) in [5.41, 5.74) is 3.35. The van der Waals surface area contributed by atoms with Crippen LogP contribution in [0.1, 0.15) is 6.42 Å². The molecule has 2 aromatic heterocycles. The van der Waals surface area contributed by atoms with Gasteiger partial charge >= 0.3 is 0 Å². The Morgan fingerprint density at radius 1 is 1.09 bits per heavy atom. The predicted molar refractivity (Wildman–Crippen MR) is 126 cm³/mol. The first-order chi connectivity index (χ1) is 15.5. The summed E-state index contributed by atoms with van der Waals surface area (Å²) in [5, 5.41) is 8.70. The Bertz CT molecular complexity index is 1260. The summed E-state index contributed by atoms with van der Waals surface area (Å²) < 4.78 is 15.1. The second-order valence-corrected chi connectivity index (χ2v) is 8.54. The first-order valence-electron chi connectivity index (χ1n) is 10.4. The second-order valence-electron chi connectivity index (χ2n) is 8.13. The highest BCUT2D eigenvalue weighted by Gasteiger charge is 2.24. The highest BCUT2D eigenvalue weighted by atomic mass is 35.5. The van der Waals surface area contributed by atoms with Crippen molar-refractivity contribution < 1.29 is 4.39 Å².